The molecule has 0 amide bonds. The number of anilines is 1. The van der Waals surface area contributed by atoms with Gasteiger partial charge < -0.3 is 5.32 Å². The van der Waals surface area contributed by atoms with E-state index >= 15 is 0 Å². The van der Waals surface area contributed by atoms with Crippen LogP contribution in [-0.4, -0.2) is 26.7 Å². The number of hydrogen-bond acceptors (Lipinski definition) is 5. The SMILES string of the molecule is CNc1ccc([N+](=O)[O-])c(-c2ccn(C)n2)n1. The minimum atomic E-state index is -0.462. The van der Waals surface area contributed by atoms with Crippen molar-refractivity contribution in [1.29, 1.82) is 0 Å². The first-order valence-electron chi connectivity index (χ1n) is 4.95. The lowest BCUT2D eigenvalue weighted by atomic mass is 10.2. The van der Waals surface area contributed by atoms with Crippen LogP contribution in [0.4, 0.5) is 11.5 Å². The molecule has 0 aliphatic carbocycles. The summed E-state index contributed by atoms with van der Waals surface area (Å²) in [5.41, 5.74) is 0.696. The maximum absolute atomic E-state index is 10.9. The maximum Gasteiger partial charge on any atom is 0.297 e. The third-order valence-corrected chi connectivity index (χ3v) is 2.28. The van der Waals surface area contributed by atoms with Crippen LogP contribution in [0.1, 0.15) is 0 Å². The van der Waals surface area contributed by atoms with Gasteiger partial charge in [-0.15, -0.1) is 0 Å². The van der Waals surface area contributed by atoms with E-state index in [-0.39, 0.29) is 11.4 Å². The van der Waals surface area contributed by atoms with Gasteiger partial charge in [-0.25, -0.2) is 4.98 Å². The molecule has 2 aromatic heterocycles. The first-order chi connectivity index (χ1) is 8.11. The highest BCUT2D eigenvalue weighted by Gasteiger charge is 2.19. The van der Waals surface area contributed by atoms with Crippen LogP contribution in [0.5, 0.6) is 0 Å². The monoisotopic (exact) mass is 233 g/mol. The highest BCUT2D eigenvalue weighted by molar-refractivity contribution is 5.68. The number of hydrogen-bond donors (Lipinski definition) is 1. The van der Waals surface area contributed by atoms with Gasteiger partial charge in [0.1, 0.15) is 11.5 Å². The first kappa shape index (κ1) is 11.1. The summed E-state index contributed by atoms with van der Waals surface area (Å²) in [6.45, 7) is 0. The van der Waals surface area contributed by atoms with Gasteiger partial charge in [-0.3, -0.25) is 14.8 Å². The smallest absolute Gasteiger partial charge is 0.297 e. The average molecular weight is 233 g/mol. The van der Waals surface area contributed by atoms with Gasteiger partial charge in [0.15, 0.2) is 5.69 Å². The molecule has 7 nitrogen and oxygen atoms in total. The average Bonchev–Trinajstić information content (AvgIpc) is 2.75. The van der Waals surface area contributed by atoms with E-state index in [2.05, 4.69) is 15.4 Å². The molecule has 0 aliphatic heterocycles. The Bertz CT molecular complexity index is 564. The molecular formula is C10H11N5O2. The molecule has 0 radical (unpaired) electrons. The van der Waals surface area contributed by atoms with Crippen molar-refractivity contribution in [3.05, 3.63) is 34.5 Å². The number of pyridine rings is 1. The van der Waals surface area contributed by atoms with E-state index in [9.17, 15) is 10.1 Å². The largest absolute Gasteiger partial charge is 0.373 e. The van der Waals surface area contributed by atoms with Crippen LogP contribution in [0, 0.1) is 10.1 Å². The normalized spacial score (nSPS) is 10.2. The Kier molecular flexibility index (Phi) is 2.73. The molecule has 0 fully saturated rings. The molecule has 2 heterocycles. The maximum atomic E-state index is 10.9. The van der Waals surface area contributed by atoms with E-state index < -0.39 is 4.92 Å². The Morgan fingerprint density at radius 3 is 2.71 bits per heavy atom. The molecule has 17 heavy (non-hydrogen) atoms. The summed E-state index contributed by atoms with van der Waals surface area (Å²) < 4.78 is 1.58. The molecule has 7 heteroatoms. The molecule has 2 aromatic rings. The summed E-state index contributed by atoms with van der Waals surface area (Å²) in [5.74, 6) is 0.566. The lowest BCUT2D eigenvalue weighted by molar-refractivity contribution is -0.384. The van der Waals surface area contributed by atoms with Gasteiger partial charge in [-0.1, -0.05) is 0 Å². The van der Waals surface area contributed by atoms with Crippen LogP contribution in [0.25, 0.3) is 11.4 Å². The van der Waals surface area contributed by atoms with Gasteiger partial charge in [-0.05, 0) is 12.1 Å². The van der Waals surface area contributed by atoms with Crippen molar-refractivity contribution in [1.82, 2.24) is 14.8 Å². The second kappa shape index (κ2) is 4.20. The van der Waals surface area contributed by atoms with Crippen molar-refractivity contribution >= 4 is 11.5 Å². The first-order valence-corrected chi connectivity index (χ1v) is 4.95. The fourth-order valence-electron chi connectivity index (χ4n) is 1.47. The summed E-state index contributed by atoms with van der Waals surface area (Å²) in [7, 11) is 3.45. The molecule has 0 aliphatic rings. The quantitative estimate of drug-likeness (QED) is 0.640. The molecule has 0 atom stereocenters. The molecule has 88 valence electrons. The van der Waals surface area contributed by atoms with Gasteiger partial charge in [0, 0.05) is 26.4 Å². The predicted octanol–water partition coefficient (Wildman–Crippen LogP) is 1.43. The van der Waals surface area contributed by atoms with E-state index in [0.717, 1.165) is 0 Å². The second-order valence-electron chi connectivity index (χ2n) is 3.45. The van der Waals surface area contributed by atoms with Crippen molar-refractivity contribution in [3.63, 3.8) is 0 Å². The zero-order chi connectivity index (χ0) is 12.4. The topological polar surface area (TPSA) is 85.9 Å². The summed E-state index contributed by atoms with van der Waals surface area (Å²) >= 11 is 0. The van der Waals surface area contributed by atoms with Crippen molar-refractivity contribution in [2.24, 2.45) is 7.05 Å². The molecule has 0 spiro atoms. The third kappa shape index (κ3) is 2.07. The van der Waals surface area contributed by atoms with E-state index in [1.807, 2.05) is 0 Å². The zero-order valence-corrected chi connectivity index (χ0v) is 9.41. The fraction of sp³-hybridized carbons (Fsp3) is 0.200. The fourth-order valence-corrected chi connectivity index (χ4v) is 1.47. The molecule has 0 saturated carbocycles. The molecule has 2 rings (SSSR count). The van der Waals surface area contributed by atoms with Gasteiger partial charge in [0.2, 0.25) is 0 Å². The Balaban J connectivity index is 2.60. The van der Waals surface area contributed by atoms with Gasteiger partial charge >= 0.3 is 0 Å². The van der Waals surface area contributed by atoms with Crippen LogP contribution in [0.15, 0.2) is 24.4 Å². The molecule has 0 unspecified atom stereocenters. The Labute approximate surface area is 97.2 Å². The second-order valence-corrected chi connectivity index (χ2v) is 3.45. The standard InChI is InChI=1S/C10H11N5O2/c1-11-9-4-3-8(15(16)17)10(12-9)7-5-6-14(2)13-7/h3-6H,1-2H3,(H,11,12). The van der Waals surface area contributed by atoms with E-state index in [1.165, 1.54) is 6.07 Å². The summed E-state index contributed by atoms with van der Waals surface area (Å²) in [6, 6.07) is 4.67. The number of aromatic nitrogens is 3. The highest BCUT2D eigenvalue weighted by atomic mass is 16.6. The number of aryl methyl sites for hydroxylation is 1. The zero-order valence-electron chi connectivity index (χ0n) is 9.41. The van der Waals surface area contributed by atoms with E-state index in [4.69, 9.17) is 0 Å². The minimum Gasteiger partial charge on any atom is -0.373 e. The third-order valence-electron chi connectivity index (χ3n) is 2.28. The van der Waals surface area contributed by atoms with Crippen molar-refractivity contribution in [2.75, 3.05) is 12.4 Å². The molecule has 0 aromatic carbocycles. The highest BCUT2D eigenvalue weighted by Crippen LogP contribution is 2.27. The summed E-state index contributed by atoms with van der Waals surface area (Å²) in [6.07, 6.45) is 1.72. The Morgan fingerprint density at radius 1 is 1.41 bits per heavy atom. The predicted molar refractivity (Wildman–Crippen MR) is 62.6 cm³/mol. The summed E-state index contributed by atoms with van der Waals surface area (Å²) in [5, 5.41) is 17.9. The van der Waals surface area contributed by atoms with E-state index in [0.29, 0.717) is 11.5 Å². The van der Waals surface area contributed by atoms with Crippen molar-refractivity contribution < 1.29 is 4.92 Å². The summed E-state index contributed by atoms with van der Waals surface area (Å²) in [4.78, 5) is 14.6. The number of rotatable bonds is 3. The molecule has 0 saturated heterocycles. The molecule has 1 N–H and O–H groups in total. The number of nitrogens with one attached hydrogen (secondary N) is 1. The van der Waals surface area contributed by atoms with Crippen LogP contribution < -0.4 is 5.32 Å². The number of nitrogens with zero attached hydrogens (tertiary/aromatic N) is 4. The van der Waals surface area contributed by atoms with Gasteiger partial charge in [0.25, 0.3) is 5.69 Å². The molecule has 0 bridgehead atoms. The lowest BCUT2D eigenvalue weighted by Crippen LogP contribution is -1.99. The number of nitro groups is 1. The van der Waals surface area contributed by atoms with Gasteiger partial charge in [0.05, 0.1) is 4.92 Å². The Morgan fingerprint density at radius 2 is 2.18 bits per heavy atom. The lowest BCUT2D eigenvalue weighted by Gasteiger charge is -2.02. The van der Waals surface area contributed by atoms with Crippen LogP contribution in [-0.2, 0) is 7.05 Å². The van der Waals surface area contributed by atoms with Gasteiger partial charge in [-0.2, -0.15) is 5.10 Å². The van der Waals surface area contributed by atoms with E-state index in [1.54, 1.807) is 37.1 Å². The van der Waals surface area contributed by atoms with Crippen molar-refractivity contribution in [3.8, 4) is 11.4 Å². The van der Waals surface area contributed by atoms with Crippen LogP contribution in [0.2, 0.25) is 0 Å². The van der Waals surface area contributed by atoms with Crippen LogP contribution in [0.3, 0.4) is 0 Å². The Hall–Kier alpha value is -2.44. The van der Waals surface area contributed by atoms with Crippen molar-refractivity contribution in [2.45, 2.75) is 0 Å². The minimum absolute atomic E-state index is 0.0531. The van der Waals surface area contributed by atoms with Crippen LogP contribution >= 0.6 is 0 Å². The molecular weight excluding hydrogens is 222 g/mol.